The van der Waals surface area contributed by atoms with Crippen molar-refractivity contribution in [1.82, 2.24) is 9.55 Å². The minimum absolute atomic E-state index is 0.125. The molecule has 2 rings (SSSR count). The predicted molar refractivity (Wildman–Crippen MR) is 69.9 cm³/mol. The summed E-state index contributed by atoms with van der Waals surface area (Å²) in [7, 11) is 0. The number of aromatic amines is 1. The van der Waals surface area contributed by atoms with Gasteiger partial charge in [-0.15, -0.1) is 0 Å². The SMILES string of the molecule is C=C(Br)OC[C@H]1O[C@@H](n2ccc(=O)[nH]c2=O)C[C@@H]1O. The smallest absolute Gasteiger partial charge is 0.330 e. The largest absolute Gasteiger partial charge is 0.485 e. The third kappa shape index (κ3) is 3.34. The normalized spacial score (nSPS) is 26.3. The summed E-state index contributed by atoms with van der Waals surface area (Å²) in [5.41, 5.74) is -1.05. The van der Waals surface area contributed by atoms with Gasteiger partial charge in [0, 0.05) is 18.7 Å². The van der Waals surface area contributed by atoms with Gasteiger partial charge in [-0.1, -0.05) is 0 Å². The fraction of sp³-hybridized carbons (Fsp3) is 0.455. The van der Waals surface area contributed by atoms with Crippen molar-refractivity contribution in [3.05, 3.63) is 44.3 Å². The number of aliphatic hydroxyl groups excluding tert-OH is 1. The van der Waals surface area contributed by atoms with E-state index in [-0.39, 0.29) is 13.0 Å². The summed E-state index contributed by atoms with van der Waals surface area (Å²) in [4.78, 5) is 24.7. The van der Waals surface area contributed by atoms with Crippen LogP contribution in [0.25, 0.3) is 0 Å². The van der Waals surface area contributed by atoms with Crippen LogP contribution in [0.15, 0.2) is 33.1 Å². The van der Waals surface area contributed by atoms with E-state index >= 15 is 0 Å². The molecule has 0 aromatic carbocycles. The number of aliphatic hydroxyl groups is 1. The third-order valence-corrected chi connectivity index (χ3v) is 3.00. The van der Waals surface area contributed by atoms with Gasteiger partial charge in [-0.2, -0.15) is 0 Å². The zero-order valence-corrected chi connectivity index (χ0v) is 11.5. The zero-order valence-electron chi connectivity index (χ0n) is 9.91. The number of rotatable bonds is 4. The maximum atomic E-state index is 11.6. The third-order valence-electron chi connectivity index (χ3n) is 2.77. The highest BCUT2D eigenvalue weighted by molar-refractivity contribution is 9.11. The molecule has 2 N–H and O–H groups in total. The summed E-state index contributed by atoms with van der Waals surface area (Å²) in [6.07, 6.45) is -0.356. The van der Waals surface area contributed by atoms with Gasteiger partial charge in [-0.3, -0.25) is 14.3 Å². The average Bonchev–Trinajstić information content (AvgIpc) is 2.67. The van der Waals surface area contributed by atoms with Crippen molar-refractivity contribution in [2.45, 2.75) is 24.9 Å². The molecule has 8 heteroatoms. The van der Waals surface area contributed by atoms with Crippen molar-refractivity contribution >= 4 is 15.9 Å². The number of nitrogens with zero attached hydrogens (tertiary/aromatic N) is 1. The van der Waals surface area contributed by atoms with E-state index in [0.717, 1.165) is 0 Å². The maximum absolute atomic E-state index is 11.6. The first-order valence-electron chi connectivity index (χ1n) is 5.59. The lowest BCUT2D eigenvalue weighted by Crippen LogP contribution is -2.31. The van der Waals surface area contributed by atoms with E-state index in [4.69, 9.17) is 9.47 Å². The molecule has 0 unspecified atom stereocenters. The van der Waals surface area contributed by atoms with Gasteiger partial charge in [-0.05, 0) is 22.5 Å². The van der Waals surface area contributed by atoms with E-state index in [2.05, 4.69) is 27.5 Å². The van der Waals surface area contributed by atoms with Crippen LogP contribution in [-0.4, -0.2) is 33.5 Å². The molecule has 2 heterocycles. The lowest BCUT2D eigenvalue weighted by Gasteiger charge is -2.16. The first-order valence-corrected chi connectivity index (χ1v) is 6.39. The second-order valence-electron chi connectivity index (χ2n) is 4.12. The molecule has 1 aromatic heterocycles. The molecule has 0 saturated carbocycles. The molecule has 1 aliphatic heterocycles. The summed E-state index contributed by atoms with van der Waals surface area (Å²) in [6.45, 7) is 3.63. The quantitative estimate of drug-likeness (QED) is 0.761. The Kier molecular flexibility index (Phi) is 4.23. The molecule has 104 valence electrons. The predicted octanol–water partition coefficient (Wildman–Crippen LogP) is 0.0677. The standard InChI is InChI=1S/C11H13BrN2O5/c1-6(12)18-5-8-7(15)4-10(19-8)14-3-2-9(16)13-11(14)17/h2-3,7-8,10,15H,1,4-5H2,(H,13,16,17)/t7-,8+,10+/m0/s1. The Bertz CT molecular complexity index is 581. The van der Waals surface area contributed by atoms with Gasteiger partial charge in [0.1, 0.15) is 18.9 Å². The first-order chi connectivity index (χ1) is 8.97. The van der Waals surface area contributed by atoms with Crippen molar-refractivity contribution in [3.63, 3.8) is 0 Å². The van der Waals surface area contributed by atoms with Gasteiger partial charge in [0.15, 0.2) is 4.67 Å². The molecule has 0 bridgehead atoms. The van der Waals surface area contributed by atoms with E-state index in [0.29, 0.717) is 4.67 Å². The number of aromatic nitrogens is 2. The van der Waals surface area contributed by atoms with Crippen molar-refractivity contribution in [1.29, 1.82) is 0 Å². The molecule has 0 aliphatic carbocycles. The Morgan fingerprint density at radius 3 is 3.05 bits per heavy atom. The Labute approximate surface area is 116 Å². The highest BCUT2D eigenvalue weighted by atomic mass is 79.9. The van der Waals surface area contributed by atoms with Gasteiger partial charge >= 0.3 is 5.69 Å². The van der Waals surface area contributed by atoms with Gasteiger partial charge in [0.25, 0.3) is 5.56 Å². The van der Waals surface area contributed by atoms with Crippen LogP contribution in [0, 0.1) is 0 Å². The number of ether oxygens (including phenoxy) is 2. The highest BCUT2D eigenvalue weighted by Gasteiger charge is 2.35. The first kappa shape index (κ1) is 14.0. The highest BCUT2D eigenvalue weighted by Crippen LogP contribution is 2.28. The number of H-pyrrole nitrogens is 1. The summed E-state index contributed by atoms with van der Waals surface area (Å²) in [5.74, 6) is 0. The second kappa shape index (κ2) is 5.72. The van der Waals surface area contributed by atoms with Crippen molar-refractivity contribution in [2.75, 3.05) is 6.61 Å². The molecule has 0 radical (unpaired) electrons. The van der Waals surface area contributed by atoms with E-state index in [1.54, 1.807) is 0 Å². The zero-order chi connectivity index (χ0) is 14.0. The van der Waals surface area contributed by atoms with Crippen LogP contribution in [0.1, 0.15) is 12.6 Å². The van der Waals surface area contributed by atoms with Crippen LogP contribution in [0.4, 0.5) is 0 Å². The molecule has 1 aromatic rings. The van der Waals surface area contributed by atoms with Crippen LogP contribution >= 0.6 is 15.9 Å². The van der Waals surface area contributed by atoms with Gasteiger partial charge < -0.3 is 14.6 Å². The van der Waals surface area contributed by atoms with Crippen LogP contribution in [0.3, 0.4) is 0 Å². The molecular weight excluding hydrogens is 320 g/mol. The Hall–Kier alpha value is -1.38. The number of nitrogens with one attached hydrogen (secondary N) is 1. The average molecular weight is 333 g/mol. The molecular formula is C11H13BrN2O5. The number of hydrogen-bond acceptors (Lipinski definition) is 5. The fourth-order valence-electron chi connectivity index (χ4n) is 1.86. The lowest BCUT2D eigenvalue weighted by molar-refractivity contribution is -0.0493. The van der Waals surface area contributed by atoms with Crippen molar-refractivity contribution in [2.24, 2.45) is 0 Å². The van der Waals surface area contributed by atoms with Crippen LogP contribution in [0.2, 0.25) is 0 Å². The van der Waals surface area contributed by atoms with Crippen LogP contribution in [0.5, 0.6) is 0 Å². The van der Waals surface area contributed by atoms with E-state index in [1.807, 2.05) is 0 Å². The Morgan fingerprint density at radius 2 is 2.42 bits per heavy atom. The van der Waals surface area contributed by atoms with E-state index in [1.165, 1.54) is 16.8 Å². The van der Waals surface area contributed by atoms with E-state index in [9.17, 15) is 14.7 Å². The molecule has 19 heavy (non-hydrogen) atoms. The molecule has 1 aliphatic rings. The van der Waals surface area contributed by atoms with Crippen LogP contribution in [-0.2, 0) is 9.47 Å². The molecule has 3 atom stereocenters. The Morgan fingerprint density at radius 1 is 1.68 bits per heavy atom. The second-order valence-corrected chi connectivity index (χ2v) is 5.00. The molecule has 0 spiro atoms. The minimum Gasteiger partial charge on any atom is -0.485 e. The minimum atomic E-state index is -0.754. The van der Waals surface area contributed by atoms with Crippen molar-refractivity contribution < 1.29 is 14.6 Å². The van der Waals surface area contributed by atoms with Crippen molar-refractivity contribution in [3.8, 4) is 0 Å². The maximum Gasteiger partial charge on any atom is 0.330 e. The van der Waals surface area contributed by atoms with Gasteiger partial charge in [0.05, 0.1) is 6.10 Å². The fourth-order valence-corrected chi connectivity index (χ4v) is 1.99. The Balaban J connectivity index is 2.09. The topological polar surface area (TPSA) is 93.5 Å². The molecule has 1 fully saturated rings. The molecule has 7 nitrogen and oxygen atoms in total. The van der Waals surface area contributed by atoms with E-state index < -0.39 is 29.7 Å². The molecule has 0 amide bonds. The monoisotopic (exact) mass is 332 g/mol. The summed E-state index contributed by atoms with van der Waals surface area (Å²) in [6, 6.07) is 1.22. The number of halogens is 1. The van der Waals surface area contributed by atoms with Gasteiger partial charge in [-0.25, -0.2) is 4.79 Å². The summed E-state index contributed by atoms with van der Waals surface area (Å²) in [5, 5.41) is 9.84. The lowest BCUT2D eigenvalue weighted by atomic mass is 10.2. The van der Waals surface area contributed by atoms with Crippen LogP contribution < -0.4 is 11.2 Å². The number of hydrogen-bond donors (Lipinski definition) is 2. The van der Waals surface area contributed by atoms with Gasteiger partial charge in [0.2, 0.25) is 0 Å². The summed E-state index contributed by atoms with van der Waals surface area (Å²) >= 11 is 3.03. The summed E-state index contributed by atoms with van der Waals surface area (Å²) < 4.78 is 12.2. The molecule has 1 saturated heterocycles.